The third kappa shape index (κ3) is 2.64. The molecule has 2 atom stereocenters. The Morgan fingerprint density at radius 2 is 1.75 bits per heavy atom. The molecule has 2 N–H and O–H groups in total. The zero-order valence-electron chi connectivity index (χ0n) is 7.14. The molecule has 0 aliphatic carbocycles. The molecular formula is C10H14O2. The van der Waals surface area contributed by atoms with Crippen molar-refractivity contribution >= 4 is 0 Å². The molecule has 2 nitrogen and oxygen atoms in total. The van der Waals surface area contributed by atoms with Crippen LogP contribution in [0.2, 0.25) is 0 Å². The predicted octanol–water partition coefficient (Wildman–Crippen LogP) is 0.971. The van der Waals surface area contributed by atoms with Gasteiger partial charge in [0.25, 0.3) is 0 Å². The second-order valence-corrected chi connectivity index (χ2v) is 3.00. The number of benzene rings is 1. The van der Waals surface area contributed by atoms with Gasteiger partial charge in [-0.15, -0.1) is 0 Å². The lowest BCUT2D eigenvalue weighted by Crippen LogP contribution is -2.24. The molecule has 0 aliphatic heterocycles. The Kier molecular flexibility index (Phi) is 3.26. The van der Waals surface area contributed by atoms with Gasteiger partial charge in [0, 0.05) is 6.42 Å². The summed E-state index contributed by atoms with van der Waals surface area (Å²) in [5, 5.41) is 18.4. The average Bonchev–Trinajstić information content (AvgIpc) is 2.06. The summed E-state index contributed by atoms with van der Waals surface area (Å²) in [7, 11) is 0. The lowest BCUT2D eigenvalue weighted by atomic mass is 10.1. The summed E-state index contributed by atoms with van der Waals surface area (Å²) in [6.07, 6.45) is -0.809. The van der Waals surface area contributed by atoms with Crippen LogP contribution in [-0.2, 0) is 6.42 Å². The van der Waals surface area contributed by atoms with E-state index in [0.717, 1.165) is 5.56 Å². The summed E-state index contributed by atoms with van der Waals surface area (Å²) in [5.41, 5.74) is 1.05. The normalized spacial score (nSPS) is 15.6. The standard InChI is InChI=1S/C10H14O2/c1-8(11)10(12)7-9-5-3-2-4-6-9/h2-6,8,10-12H,7H2,1H3/t8-,10+/m1/s1. The molecule has 0 aromatic heterocycles. The van der Waals surface area contributed by atoms with Crippen LogP contribution in [0.4, 0.5) is 0 Å². The Balaban J connectivity index is 2.53. The molecule has 0 saturated carbocycles. The van der Waals surface area contributed by atoms with Crippen LogP contribution >= 0.6 is 0 Å². The van der Waals surface area contributed by atoms with Gasteiger partial charge in [-0.05, 0) is 12.5 Å². The van der Waals surface area contributed by atoms with Crippen LogP contribution in [0, 0.1) is 0 Å². The van der Waals surface area contributed by atoms with E-state index in [1.54, 1.807) is 6.92 Å². The van der Waals surface area contributed by atoms with Gasteiger partial charge in [-0.2, -0.15) is 0 Å². The molecule has 1 rings (SSSR count). The van der Waals surface area contributed by atoms with Crippen molar-refractivity contribution in [1.82, 2.24) is 0 Å². The number of rotatable bonds is 3. The predicted molar refractivity (Wildman–Crippen MR) is 47.8 cm³/mol. The molecule has 1 aromatic rings. The molecule has 1 aromatic carbocycles. The molecule has 0 aliphatic rings. The molecule has 66 valence electrons. The van der Waals surface area contributed by atoms with Gasteiger partial charge in [-0.25, -0.2) is 0 Å². The summed E-state index contributed by atoms with van der Waals surface area (Å²) in [5.74, 6) is 0. The van der Waals surface area contributed by atoms with Gasteiger partial charge in [0.2, 0.25) is 0 Å². The SMILES string of the molecule is C[C@@H](O)[C@@H](O)Cc1ccccc1. The zero-order valence-corrected chi connectivity index (χ0v) is 7.14. The minimum Gasteiger partial charge on any atom is -0.391 e. The molecule has 0 heterocycles. The van der Waals surface area contributed by atoms with Crippen molar-refractivity contribution in [1.29, 1.82) is 0 Å². The van der Waals surface area contributed by atoms with E-state index < -0.39 is 12.2 Å². The lowest BCUT2D eigenvalue weighted by molar-refractivity contribution is 0.0320. The zero-order chi connectivity index (χ0) is 8.97. The van der Waals surface area contributed by atoms with Crippen LogP contribution in [0.15, 0.2) is 30.3 Å². The van der Waals surface area contributed by atoms with Crippen molar-refractivity contribution in [3.8, 4) is 0 Å². The van der Waals surface area contributed by atoms with Crippen LogP contribution in [0.3, 0.4) is 0 Å². The van der Waals surface area contributed by atoms with Crippen LogP contribution < -0.4 is 0 Å². The van der Waals surface area contributed by atoms with E-state index in [0.29, 0.717) is 6.42 Å². The first kappa shape index (κ1) is 9.23. The molecule has 0 bridgehead atoms. The first-order valence-electron chi connectivity index (χ1n) is 4.10. The van der Waals surface area contributed by atoms with E-state index in [-0.39, 0.29) is 0 Å². The molecule has 0 fully saturated rings. The Bertz CT molecular complexity index is 219. The van der Waals surface area contributed by atoms with Gasteiger partial charge in [0.05, 0.1) is 12.2 Å². The van der Waals surface area contributed by atoms with Gasteiger partial charge >= 0.3 is 0 Å². The smallest absolute Gasteiger partial charge is 0.0836 e. The Morgan fingerprint density at radius 3 is 2.25 bits per heavy atom. The quantitative estimate of drug-likeness (QED) is 0.702. The minimum absolute atomic E-state index is 0.512. The molecule has 0 saturated heterocycles. The summed E-state index contributed by atoms with van der Waals surface area (Å²) >= 11 is 0. The highest BCUT2D eigenvalue weighted by Crippen LogP contribution is 2.05. The molecule has 0 unspecified atom stereocenters. The van der Waals surface area contributed by atoms with Crippen LogP contribution in [-0.4, -0.2) is 22.4 Å². The van der Waals surface area contributed by atoms with E-state index >= 15 is 0 Å². The van der Waals surface area contributed by atoms with E-state index in [4.69, 9.17) is 5.11 Å². The summed E-state index contributed by atoms with van der Waals surface area (Å²) < 4.78 is 0. The Hall–Kier alpha value is -0.860. The van der Waals surface area contributed by atoms with Crippen molar-refractivity contribution in [2.75, 3.05) is 0 Å². The summed E-state index contributed by atoms with van der Waals surface area (Å²) in [6.45, 7) is 1.59. The second kappa shape index (κ2) is 4.24. The molecule has 0 amide bonds. The maximum Gasteiger partial charge on any atom is 0.0836 e. The molecular weight excluding hydrogens is 152 g/mol. The van der Waals surface area contributed by atoms with E-state index in [9.17, 15) is 5.11 Å². The van der Waals surface area contributed by atoms with Gasteiger partial charge in [0.15, 0.2) is 0 Å². The molecule has 0 spiro atoms. The number of hydrogen-bond acceptors (Lipinski definition) is 2. The van der Waals surface area contributed by atoms with Crippen molar-refractivity contribution < 1.29 is 10.2 Å². The van der Waals surface area contributed by atoms with Crippen LogP contribution in [0.1, 0.15) is 12.5 Å². The first-order valence-corrected chi connectivity index (χ1v) is 4.10. The average molecular weight is 166 g/mol. The fourth-order valence-electron chi connectivity index (χ4n) is 1.03. The van der Waals surface area contributed by atoms with E-state index in [2.05, 4.69) is 0 Å². The highest BCUT2D eigenvalue weighted by Gasteiger charge is 2.10. The number of aliphatic hydroxyl groups excluding tert-OH is 2. The van der Waals surface area contributed by atoms with Crippen molar-refractivity contribution in [3.05, 3.63) is 35.9 Å². The number of hydrogen-bond donors (Lipinski definition) is 2. The Morgan fingerprint density at radius 1 is 1.17 bits per heavy atom. The lowest BCUT2D eigenvalue weighted by Gasteiger charge is -2.12. The van der Waals surface area contributed by atoms with Crippen molar-refractivity contribution in [2.24, 2.45) is 0 Å². The van der Waals surface area contributed by atoms with Gasteiger partial charge in [-0.3, -0.25) is 0 Å². The number of aliphatic hydroxyl groups is 2. The minimum atomic E-state index is -0.662. The maximum absolute atomic E-state index is 9.33. The second-order valence-electron chi connectivity index (χ2n) is 3.00. The Labute approximate surface area is 72.5 Å². The first-order chi connectivity index (χ1) is 5.70. The molecule has 0 radical (unpaired) electrons. The van der Waals surface area contributed by atoms with E-state index in [1.165, 1.54) is 0 Å². The third-order valence-corrected chi connectivity index (χ3v) is 1.84. The molecule has 2 heteroatoms. The third-order valence-electron chi connectivity index (χ3n) is 1.84. The van der Waals surface area contributed by atoms with Crippen LogP contribution in [0.25, 0.3) is 0 Å². The van der Waals surface area contributed by atoms with E-state index in [1.807, 2.05) is 30.3 Å². The fraction of sp³-hybridized carbons (Fsp3) is 0.400. The highest BCUT2D eigenvalue weighted by molar-refractivity contribution is 5.15. The summed E-state index contributed by atoms with van der Waals surface area (Å²) in [4.78, 5) is 0. The topological polar surface area (TPSA) is 40.5 Å². The van der Waals surface area contributed by atoms with Gasteiger partial charge < -0.3 is 10.2 Å². The fourth-order valence-corrected chi connectivity index (χ4v) is 1.03. The molecule has 12 heavy (non-hydrogen) atoms. The monoisotopic (exact) mass is 166 g/mol. The van der Waals surface area contributed by atoms with Gasteiger partial charge in [0.1, 0.15) is 0 Å². The highest BCUT2D eigenvalue weighted by atomic mass is 16.3. The van der Waals surface area contributed by atoms with Crippen molar-refractivity contribution in [2.45, 2.75) is 25.6 Å². The largest absolute Gasteiger partial charge is 0.391 e. The van der Waals surface area contributed by atoms with Gasteiger partial charge in [-0.1, -0.05) is 30.3 Å². The maximum atomic E-state index is 9.33. The van der Waals surface area contributed by atoms with Crippen molar-refractivity contribution in [3.63, 3.8) is 0 Å². The summed E-state index contributed by atoms with van der Waals surface area (Å²) in [6, 6.07) is 9.64. The van der Waals surface area contributed by atoms with Crippen LogP contribution in [0.5, 0.6) is 0 Å².